The lowest BCUT2D eigenvalue weighted by molar-refractivity contribution is -0.149. The van der Waals surface area contributed by atoms with Crippen LogP contribution in [0.1, 0.15) is 99.0 Å². The van der Waals surface area contributed by atoms with Crippen LogP contribution in [-0.2, 0) is 14.4 Å². The van der Waals surface area contributed by atoms with Crippen molar-refractivity contribution >= 4 is 41.7 Å². The molecule has 4 rings (SSSR count). The number of likely N-dealkylation sites (tertiary alicyclic amines) is 2. The number of hydrogen-bond donors (Lipinski definition) is 1. The molecule has 10 heteroatoms. The van der Waals surface area contributed by atoms with Crippen molar-refractivity contribution in [3.05, 3.63) is 34.9 Å². The molecule has 1 aliphatic carbocycles. The maximum absolute atomic E-state index is 14.8. The van der Waals surface area contributed by atoms with Gasteiger partial charge in [0.1, 0.15) is 6.04 Å². The molecule has 0 aromatic heterocycles. The van der Waals surface area contributed by atoms with Crippen molar-refractivity contribution in [1.29, 1.82) is 0 Å². The quantitative estimate of drug-likeness (QED) is 0.373. The molecule has 1 aromatic rings. The predicted molar refractivity (Wildman–Crippen MR) is 187 cm³/mol. The lowest BCUT2D eigenvalue weighted by atomic mass is 9.74. The third kappa shape index (κ3) is 8.22. The Morgan fingerprint density at radius 1 is 0.978 bits per heavy atom. The zero-order valence-corrected chi connectivity index (χ0v) is 31.1. The molecule has 46 heavy (non-hydrogen) atoms. The monoisotopic (exact) mass is 680 g/mol. The van der Waals surface area contributed by atoms with E-state index < -0.39 is 11.5 Å². The molecule has 2 saturated heterocycles. The molecule has 1 saturated carbocycles. The number of nitrogens with zero attached hydrogens (tertiary/aromatic N) is 4. The number of carbonyl (C=O) groups excluding carboxylic acids is 3. The van der Waals surface area contributed by atoms with Crippen LogP contribution in [0.3, 0.4) is 0 Å². The highest BCUT2D eigenvalue weighted by Crippen LogP contribution is 2.42. The Kier molecular flexibility index (Phi) is 12.3. The second-order valence-corrected chi connectivity index (χ2v) is 16.7. The van der Waals surface area contributed by atoms with Gasteiger partial charge in [0.15, 0.2) is 0 Å². The van der Waals surface area contributed by atoms with Crippen LogP contribution in [0.15, 0.2) is 24.3 Å². The van der Waals surface area contributed by atoms with Crippen LogP contribution in [-0.4, -0.2) is 106 Å². The van der Waals surface area contributed by atoms with Gasteiger partial charge in [-0.15, -0.1) is 12.4 Å². The van der Waals surface area contributed by atoms with E-state index in [1.165, 1.54) is 0 Å². The van der Waals surface area contributed by atoms with Crippen LogP contribution in [0, 0.1) is 16.7 Å². The van der Waals surface area contributed by atoms with Gasteiger partial charge < -0.3 is 19.8 Å². The second-order valence-electron chi connectivity index (χ2n) is 16.2. The molecule has 0 spiro atoms. The maximum Gasteiger partial charge on any atom is 0.245 e. The number of amides is 3. The molecular weight excluding hydrogens is 623 g/mol. The van der Waals surface area contributed by atoms with Crippen LogP contribution < -0.4 is 0 Å². The van der Waals surface area contributed by atoms with Crippen LogP contribution in [0.25, 0.3) is 0 Å². The molecule has 0 bridgehead atoms. The number of carbonyl (C=O) groups is 3. The van der Waals surface area contributed by atoms with E-state index in [1.807, 2.05) is 36.1 Å². The van der Waals surface area contributed by atoms with Gasteiger partial charge >= 0.3 is 0 Å². The van der Waals surface area contributed by atoms with Gasteiger partial charge in [-0.2, -0.15) is 0 Å². The Bertz CT molecular complexity index is 1220. The summed E-state index contributed by atoms with van der Waals surface area (Å²) < 4.78 is 0. The third-order valence-corrected chi connectivity index (χ3v) is 11.1. The number of aliphatic hydroxyl groups is 1. The van der Waals surface area contributed by atoms with Crippen molar-refractivity contribution in [3.63, 3.8) is 0 Å². The van der Waals surface area contributed by atoms with Crippen LogP contribution in [0.2, 0.25) is 5.02 Å². The summed E-state index contributed by atoms with van der Waals surface area (Å²) in [6, 6.07) is 6.86. The number of benzene rings is 1. The minimum absolute atomic E-state index is 0. The van der Waals surface area contributed by atoms with E-state index in [4.69, 9.17) is 11.6 Å². The summed E-state index contributed by atoms with van der Waals surface area (Å²) in [5.41, 5.74) is 0.205. The molecule has 3 amide bonds. The minimum Gasteiger partial charge on any atom is -0.395 e. The van der Waals surface area contributed by atoms with Gasteiger partial charge in [0, 0.05) is 55.7 Å². The lowest BCUT2D eigenvalue weighted by Gasteiger charge is -2.45. The first-order valence-corrected chi connectivity index (χ1v) is 17.3. The third-order valence-electron chi connectivity index (χ3n) is 10.9. The Balaban J connectivity index is 0.00000576. The van der Waals surface area contributed by atoms with Crippen LogP contribution >= 0.6 is 24.0 Å². The Morgan fingerprint density at radius 3 is 2.09 bits per heavy atom. The first kappa shape index (κ1) is 38.6. The van der Waals surface area contributed by atoms with Crippen molar-refractivity contribution in [1.82, 2.24) is 19.6 Å². The first-order chi connectivity index (χ1) is 20.9. The van der Waals surface area contributed by atoms with Gasteiger partial charge in [0.25, 0.3) is 0 Å². The summed E-state index contributed by atoms with van der Waals surface area (Å²) >= 11 is 6.24. The fourth-order valence-electron chi connectivity index (χ4n) is 7.47. The van der Waals surface area contributed by atoms with Gasteiger partial charge in [0.05, 0.1) is 24.0 Å². The molecule has 1 aromatic carbocycles. The Labute approximate surface area is 288 Å². The van der Waals surface area contributed by atoms with E-state index in [0.29, 0.717) is 31.1 Å². The smallest absolute Gasteiger partial charge is 0.245 e. The fourth-order valence-corrected chi connectivity index (χ4v) is 7.60. The van der Waals surface area contributed by atoms with Crippen molar-refractivity contribution in [2.75, 3.05) is 39.8 Å². The van der Waals surface area contributed by atoms with E-state index >= 15 is 0 Å². The van der Waals surface area contributed by atoms with Crippen LogP contribution in [0.4, 0.5) is 0 Å². The molecule has 4 atom stereocenters. The van der Waals surface area contributed by atoms with Crippen molar-refractivity contribution in [3.8, 4) is 0 Å². The normalized spacial score (nSPS) is 25.7. The van der Waals surface area contributed by atoms with Gasteiger partial charge in [-0.25, -0.2) is 0 Å². The largest absolute Gasteiger partial charge is 0.395 e. The van der Waals surface area contributed by atoms with E-state index in [-0.39, 0.29) is 71.6 Å². The van der Waals surface area contributed by atoms with E-state index in [1.54, 1.807) is 30.7 Å². The fraction of sp³-hybridized carbons (Fsp3) is 0.750. The number of hydrogen-bond acceptors (Lipinski definition) is 5. The summed E-state index contributed by atoms with van der Waals surface area (Å²) in [5.74, 6) is -0.576. The van der Waals surface area contributed by atoms with Gasteiger partial charge in [-0.1, -0.05) is 37.6 Å². The van der Waals surface area contributed by atoms with Gasteiger partial charge in [-0.3, -0.25) is 19.3 Å². The zero-order chi connectivity index (χ0) is 33.5. The first-order valence-electron chi connectivity index (χ1n) is 16.9. The van der Waals surface area contributed by atoms with Crippen molar-refractivity contribution in [2.24, 2.45) is 16.7 Å². The van der Waals surface area contributed by atoms with E-state index in [0.717, 1.165) is 37.8 Å². The maximum atomic E-state index is 14.8. The average molecular weight is 682 g/mol. The number of rotatable bonds is 8. The molecule has 2 heterocycles. The second kappa shape index (κ2) is 14.7. The minimum atomic E-state index is -0.956. The standard InChI is InChI=1S/C36H57ClN4O4.ClH/c1-10-38(9)32(44)30-19-27(41(33(45)36(7,8)23-42)26-15-17-35(5,6)18-16-26)20-40(30)31(43)29-22-39(34(2,3)4)21-28(29)24-11-13-25(37)14-12-24;/h11-14,26-30,42H,10,15-23H2,1-9H3;1H/t27-,28-,29+,30-;/m0./s1. The highest BCUT2D eigenvalue weighted by molar-refractivity contribution is 6.30. The van der Waals surface area contributed by atoms with Gasteiger partial charge in [0.2, 0.25) is 17.7 Å². The predicted octanol–water partition coefficient (Wildman–Crippen LogP) is 5.84. The highest BCUT2D eigenvalue weighted by atomic mass is 35.5. The highest BCUT2D eigenvalue weighted by Gasteiger charge is 2.51. The molecule has 0 unspecified atom stereocenters. The zero-order valence-electron chi connectivity index (χ0n) is 29.5. The molecule has 2 aliphatic heterocycles. The van der Waals surface area contributed by atoms with E-state index in [9.17, 15) is 19.5 Å². The van der Waals surface area contributed by atoms with E-state index in [2.05, 4.69) is 39.5 Å². The average Bonchev–Trinajstić information content (AvgIpc) is 3.63. The Hall–Kier alpha value is -1.87. The molecular formula is C36H58Cl2N4O4. The Morgan fingerprint density at radius 2 is 1.57 bits per heavy atom. The lowest BCUT2D eigenvalue weighted by Crippen LogP contribution is -2.55. The molecule has 260 valence electrons. The molecule has 0 radical (unpaired) electrons. The molecule has 3 aliphatic rings. The summed E-state index contributed by atoms with van der Waals surface area (Å²) in [5, 5.41) is 10.9. The van der Waals surface area contributed by atoms with Gasteiger partial charge in [-0.05, 0) is 96.8 Å². The SMILES string of the molecule is CCN(C)C(=O)[C@@H]1C[C@H](N(C(=O)C(C)(C)CO)C2CCC(C)(C)CC2)CN1C(=O)[C@@H]1CN(C(C)(C)C)C[C@H]1c1ccc(Cl)cc1.Cl. The summed E-state index contributed by atoms with van der Waals surface area (Å²) in [7, 11) is 1.78. The van der Waals surface area contributed by atoms with Crippen LogP contribution in [0.5, 0.6) is 0 Å². The number of aliphatic hydroxyl groups excluding tert-OH is 1. The number of halogens is 2. The number of likely N-dealkylation sites (N-methyl/N-ethyl adjacent to an activating group) is 1. The summed E-state index contributed by atoms with van der Waals surface area (Å²) in [6.07, 6.45) is 4.17. The summed E-state index contributed by atoms with van der Waals surface area (Å²) in [4.78, 5) is 50.8. The topological polar surface area (TPSA) is 84.4 Å². The molecule has 3 fully saturated rings. The van der Waals surface area contributed by atoms with Crippen molar-refractivity contribution in [2.45, 2.75) is 117 Å². The molecule has 8 nitrogen and oxygen atoms in total. The summed E-state index contributed by atoms with van der Waals surface area (Å²) in [6.45, 7) is 18.5. The molecule has 1 N–H and O–H groups in total. The van der Waals surface area contributed by atoms with Crippen molar-refractivity contribution < 1.29 is 19.5 Å².